The Balaban J connectivity index is 1.61. The molecule has 28 heavy (non-hydrogen) atoms. The van der Waals surface area contributed by atoms with Crippen molar-refractivity contribution < 1.29 is 19.7 Å². The monoisotopic (exact) mass is 405 g/mol. The fourth-order valence-corrected chi connectivity index (χ4v) is 3.51. The van der Waals surface area contributed by atoms with E-state index in [2.05, 4.69) is 10.2 Å². The zero-order valence-electron chi connectivity index (χ0n) is 15.4. The van der Waals surface area contributed by atoms with Gasteiger partial charge in [0.2, 0.25) is 0 Å². The zero-order chi connectivity index (χ0) is 20.3. The summed E-state index contributed by atoms with van der Waals surface area (Å²) in [6.07, 6.45) is 0. The summed E-state index contributed by atoms with van der Waals surface area (Å²) in [5, 5.41) is 23.9. The Hall–Kier alpha value is -2.84. The van der Waals surface area contributed by atoms with Crippen LogP contribution in [0.25, 0.3) is 0 Å². The molecule has 3 N–H and O–H groups in total. The number of carbonyl (C=O) groups is 1. The molecule has 1 atom stereocenters. The van der Waals surface area contributed by atoms with Crippen molar-refractivity contribution in [2.45, 2.75) is 13.0 Å². The Bertz CT molecular complexity index is 884. The summed E-state index contributed by atoms with van der Waals surface area (Å²) in [6.45, 7) is 4.70. The number of hydrogen-bond acceptors (Lipinski definition) is 5. The van der Waals surface area contributed by atoms with Crippen molar-refractivity contribution in [2.24, 2.45) is 0 Å². The predicted molar refractivity (Wildman–Crippen MR) is 107 cm³/mol. The number of amides is 1. The minimum absolute atomic E-state index is 0.129. The van der Waals surface area contributed by atoms with Gasteiger partial charge in [-0.15, -0.1) is 0 Å². The van der Waals surface area contributed by atoms with Gasteiger partial charge in [-0.05, 0) is 25.1 Å². The lowest BCUT2D eigenvalue weighted by atomic mass is 10.2. The van der Waals surface area contributed by atoms with Crippen LogP contribution in [0.1, 0.15) is 6.92 Å². The van der Waals surface area contributed by atoms with Crippen LogP contribution in [0.15, 0.2) is 42.5 Å². The van der Waals surface area contributed by atoms with Gasteiger partial charge in [0, 0.05) is 12.1 Å². The molecule has 0 unspecified atom stereocenters. The number of quaternary nitrogens is 1. The fraction of sp³-hybridized carbons (Fsp3) is 0.316. The molecule has 1 fully saturated rings. The largest absolute Gasteiger partial charge is 0.506 e. The minimum Gasteiger partial charge on any atom is -0.506 e. The SMILES string of the molecule is C[C@@H](C(=O)Nc1cc([N+](=O)[O-])ccc1Cl)[NH+]1CCN(c2ccccc2O)CC1. The lowest BCUT2D eigenvalue weighted by molar-refractivity contribution is -0.914. The number of para-hydroxylation sites is 2. The molecule has 9 heteroatoms. The fourth-order valence-electron chi connectivity index (χ4n) is 3.35. The van der Waals surface area contributed by atoms with Crippen LogP contribution in [0.4, 0.5) is 17.1 Å². The zero-order valence-corrected chi connectivity index (χ0v) is 16.1. The van der Waals surface area contributed by atoms with E-state index < -0.39 is 4.92 Å². The molecule has 0 aromatic heterocycles. The first-order chi connectivity index (χ1) is 13.4. The van der Waals surface area contributed by atoms with Gasteiger partial charge in [-0.25, -0.2) is 0 Å². The molecule has 1 aliphatic heterocycles. The van der Waals surface area contributed by atoms with Gasteiger partial charge in [0.1, 0.15) is 5.75 Å². The molecular weight excluding hydrogens is 384 g/mol. The number of piperazine rings is 1. The van der Waals surface area contributed by atoms with E-state index in [-0.39, 0.29) is 34.1 Å². The standard InChI is InChI=1S/C19H21ClN4O4/c1-13(19(26)21-16-12-14(24(27)28)6-7-15(16)20)22-8-10-23(11-9-22)17-4-2-3-5-18(17)25/h2-7,12-13,25H,8-11H2,1H3,(H,21,26)/p+1/t13-/m0/s1. The number of nitro benzene ring substituents is 1. The van der Waals surface area contributed by atoms with Crippen molar-refractivity contribution >= 4 is 34.6 Å². The first-order valence-electron chi connectivity index (χ1n) is 8.99. The number of anilines is 2. The topological polar surface area (TPSA) is 100 Å². The molecule has 2 aromatic carbocycles. The molecule has 2 aromatic rings. The second-order valence-electron chi connectivity index (χ2n) is 6.77. The number of nitrogens with zero attached hydrogens (tertiary/aromatic N) is 2. The molecule has 1 saturated heterocycles. The quantitative estimate of drug-likeness (QED) is 0.519. The molecule has 1 aliphatic rings. The number of aromatic hydroxyl groups is 1. The van der Waals surface area contributed by atoms with Crippen LogP contribution in [0.3, 0.4) is 0 Å². The average Bonchev–Trinajstić information content (AvgIpc) is 2.69. The summed E-state index contributed by atoms with van der Waals surface area (Å²) >= 11 is 6.06. The first-order valence-corrected chi connectivity index (χ1v) is 9.37. The highest BCUT2D eigenvalue weighted by atomic mass is 35.5. The van der Waals surface area contributed by atoms with Gasteiger partial charge in [-0.1, -0.05) is 23.7 Å². The smallest absolute Gasteiger partial charge is 0.282 e. The number of non-ortho nitro benzene ring substituents is 1. The van der Waals surface area contributed by atoms with Crippen LogP contribution in [0.2, 0.25) is 5.02 Å². The van der Waals surface area contributed by atoms with E-state index >= 15 is 0 Å². The molecule has 1 amide bonds. The van der Waals surface area contributed by atoms with Crippen molar-refractivity contribution in [1.29, 1.82) is 0 Å². The van der Waals surface area contributed by atoms with E-state index in [1.807, 2.05) is 19.1 Å². The van der Waals surface area contributed by atoms with Crippen molar-refractivity contribution in [1.82, 2.24) is 0 Å². The van der Waals surface area contributed by atoms with Gasteiger partial charge in [-0.3, -0.25) is 14.9 Å². The number of benzene rings is 2. The third kappa shape index (κ3) is 4.35. The van der Waals surface area contributed by atoms with Gasteiger partial charge in [-0.2, -0.15) is 0 Å². The number of rotatable bonds is 5. The molecule has 0 aliphatic carbocycles. The third-order valence-corrected chi connectivity index (χ3v) is 5.38. The number of phenols is 1. The Morgan fingerprint density at radius 1 is 1.29 bits per heavy atom. The lowest BCUT2D eigenvalue weighted by Gasteiger charge is -2.36. The van der Waals surface area contributed by atoms with E-state index in [1.54, 1.807) is 12.1 Å². The Morgan fingerprint density at radius 3 is 2.61 bits per heavy atom. The van der Waals surface area contributed by atoms with Crippen LogP contribution in [-0.2, 0) is 4.79 Å². The summed E-state index contributed by atoms with van der Waals surface area (Å²) in [6, 6.07) is 10.8. The van der Waals surface area contributed by atoms with Gasteiger partial charge in [0.05, 0.1) is 47.5 Å². The minimum atomic E-state index is -0.529. The van der Waals surface area contributed by atoms with E-state index in [0.29, 0.717) is 13.1 Å². The van der Waals surface area contributed by atoms with Crippen molar-refractivity contribution in [2.75, 3.05) is 36.4 Å². The summed E-state index contributed by atoms with van der Waals surface area (Å²) in [5.41, 5.74) is 0.901. The van der Waals surface area contributed by atoms with Crippen LogP contribution in [0, 0.1) is 10.1 Å². The summed E-state index contributed by atoms with van der Waals surface area (Å²) < 4.78 is 0. The Labute approximate surface area is 167 Å². The highest BCUT2D eigenvalue weighted by molar-refractivity contribution is 6.33. The number of hydrogen-bond donors (Lipinski definition) is 3. The second kappa shape index (κ2) is 8.45. The maximum Gasteiger partial charge on any atom is 0.282 e. The van der Waals surface area contributed by atoms with Gasteiger partial charge in [0.25, 0.3) is 11.6 Å². The lowest BCUT2D eigenvalue weighted by Crippen LogP contribution is -3.19. The van der Waals surface area contributed by atoms with Crippen LogP contribution < -0.4 is 15.1 Å². The van der Waals surface area contributed by atoms with Crippen LogP contribution in [0.5, 0.6) is 5.75 Å². The molecular formula is C19H22ClN4O4+. The first kappa shape index (κ1) is 19.9. The molecule has 1 heterocycles. The highest BCUT2D eigenvalue weighted by Crippen LogP contribution is 2.27. The highest BCUT2D eigenvalue weighted by Gasteiger charge is 2.30. The van der Waals surface area contributed by atoms with E-state index in [0.717, 1.165) is 23.7 Å². The Morgan fingerprint density at radius 2 is 1.96 bits per heavy atom. The molecule has 0 spiro atoms. The maximum atomic E-state index is 12.6. The molecule has 0 bridgehead atoms. The van der Waals surface area contributed by atoms with Crippen LogP contribution in [-0.4, -0.2) is 48.2 Å². The van der Waals surface area contributed by atoms with Gasteiger partial charge < -0.3 is 20.2 Å². The number of phenolic OH excluding ortho intramolecular Hbond substituents is 1. The Kier molecular flexibility index (Phi) is 6.01. The molecule has 148 valence electrons. The normalized spacial score (nSPS) is 15.9. The number of nitro groups is 1. The summed E-state index contributed by atoms with van der Waals surface area (Å²) in [4.78, 5) is 26.2. The molecule has 8 nitrogen and oxygen atoms in total. The maximum absolute atomic E-state index is 12.6. The van der Waals surface area contributed by atoms with Crippen molar-refractivity contribution in [3.05, 3.63) is 57.6 Å². The average molecular weight is 406 g/mol. The second-order valence-corrected chi connectivity index (χ2v) is 7.17. The van der Waals surface area contributed by atoms with Crippen LogP contribution >= 0.6 is 11.6 Å². The van der Waals surface area contributed by atoms with Crippen molar-refractivity contribution in [3.8, 4) is 5.75 Å². The third-order valence-electron chi connectivity index (χ3n) is 5.05. The summed E-state index contributed by atoms with van der Waals surface area (Å²) in [7, 11) is 0. The molecule has 0 saturated carbocycles. The molecule has 0 radical (unpaired) electrons. The predicted octanol–water partition coefficient (Wildman–Crippen LogP) is 1.69. The molecule has 3 rings (SSSR count). The van der Waals surface area contributed by atoms with Gasteiger partial charge >= 0.3 is 0 Å². The van der Waals surface area contributed by atoms with Gasteiger partial charge in [0.15, 0.2) is 6.04 Å². The van der Waals surface area contributed by atoms with E-state index in [9.17, 15) is 20.0 Å². The number of nitrogens with one attached hydrogen (secondary N) is 2. The number of halogens is 1. The number of carbonyl (C=O) groups excluding carboxylic acids is 1. The van der Waals surface area contributed by atoms with E-state index in [1.165, 1.54) is 18.2 Å². The van der Waals surface area contributed by atoms with E-state index in [4.69, 9.17) is 11.6 Å². The van der Waals surface area contributed by atoms with Crippen molar-refractivity contribution in [3.63, 3.8) is 0 Å². The summed E-state index contributed by atoms with van der Waals surface area (Å²) in [5.74, 6) is 0.00506.